The molecule has 1 aromatic rings. The Morgan fingerprint density at radius 3 is 2.58 bits per heavy atom. The van der Waals surface area contributed by atoms with E-state index in [2.05, 4.69) is 4.98 Å². The van der Waals surface area contributed by atoms with Crippen LogP contribution in [-0.2, 0) is 0 Å². The summed E-state index contributed by atoms with van der Waals surface area (Å²) in [4.78, 5) is 3.84. The maximum absolute atomic E-state index is 9.16. The molecule has 70 valence electrons. The number of nitrogens with zero attached hydrogens (tertiary/aromatic N) is 1. The molecule has 0 aliphatic carbocycles. The molecule has 0 aromatic carbocycles. The van der Waals surface area contributed by atoms with E-state index in [4.69, 9.17) is 10.8 Å². The van der Waals surface area contributed by atoms with Crippen LogP contribution in [0.25, 0.3) is 0 Å². The van der Waals surface area contributed by atoms with Gasteiger partial charge < -0.3 is 10.8 Å². The Bertz CT molecular complexity index is 196. The van der Waals surface area contributed by atoms with Gasteiger partial charge in [0.2, 0.25) is 0 Å². The number of aliphatic hydroxyl groups excluding tert-OH is 1. The summed E-state index contributed by atoms with van der Waals surface area (Å²) in [5.74, 6) is 0. The van der Waals surface area contributed by atoms with Crippen molar-refractivity contribution < 1.29 is 5.11 Å². The SMILES string of the molecule is Cl.Cl.NC[C@H](O)c1cccnc1. The lowest BCUT2D eigenvalue weighted by Crippen LogP contribution is -2.11. The van der Waals surface area contributed by atoms with Gasteiger partial charge in [-0.1, -0.05) is 6.07 Å². The maximum atomic E-state index is 9.16. The summed E-state index contributed by atoms with van der Waals surface area (Å²) in [6, 6.07) is 3.57. The number of hydrogen-bond acceptors (Lipinski definition) is 3. The largest absolute Gasteiger partial charge is 0.387 e. The monoisotopic (exact) mass is 210 g/mol. The standard InChI is InChI=1S/C7H10N2O.2ClH/c8-4-7(10)6-2-1-3-9-5-6;;/h1-3,5,7,10H,4,8H2;2*1H/t7-;;/m0../s1. The van der Waals surface area contributed by atoms with Crippen LogP contribution < -0.4 is 5.73 Å². The van der Waals surface area contributed by atoms with Gasteiger partial charge in [0.1, 0.15) is 0 Å². The van der Waals surface area contributed by atoms with E-state index in [1.165, 1.54) is 0 Å². The van der Waals surface area contributed by atoms with E-state index in [1.54, 1.807) is 24.5 Å². The third kappa shape index (κ3) is 3.88. The third-order valence-corrected chi connectivity index (χ3v) is 1.29. The van der Waals surface area contributed by atoms with Crippen LogP contribution >= 0.6 is 24.8 Å². The molecule has 5 heteroatoms. The second-order valence-electron chi connectivity index (χ2n) is 2.04. The molecule has 1 atom stereocenters. The minimum Gasteiger partial charge on any atom is -0.387 e. The van der Waals surface area contributed by atoms with E-state index in [0.29, 0.717) is 0 Å². The molecule has 1 heterocycles. The molecule has 3 nitrogen and oxygen atoms in total. The molecule has 0 aliphatic rings. The van der Waals surface area contributed by atoms with Crippen LogP contribution in [0.1, 0.15) is 11.7 Å². The number of hydrogen-bond donors (Lipinski definition) is 2. The van der Waals surface area contributed by atoms with Gasteiger partial charge in [0.15, 0.2) is 0 Å². The first-order chi connectivity index (χ1) is 4.84. The molecule has 1 rings (SSSR count). The van der Waals surface area contributed by atoms with Crippen molar-refractivity contribution in [3.05, 3.63) is 30.1 Å². The number of rotatable bonds is 2. The average molecular weight is 211 g/mol. The van der Waals surface area contributed by atoms with Crippen molar-refractivity contribution in [3.8, 4) is 0 Å². The van der Waals surface area contributed by atoms with Crippen molar-refractivity contribution in [1.29, 1.82) is 0 Å². The molecule has 0 unspecified atom stereocenters. The average Bonchev–Trinajstić information content (AvgIpc) is 2.05. The summed E-state index contributed by atoms with van der Waals surface area (Å²) in [7, 11) is 0. The lowest BCUT2D eigenvalue weighted by molar-refractivity contribution is 0.186. The highest BCUT2D eigenvalue weighted by molar-refractivity contribution is 5.85. The molecule has 0 radical (unpaired) electrons. The van der Waals surface area contributed by atoms with E-state index < -0.39 is 6.10 Å². The van der Waals surface area contributed by atoms with Crippen molar-refractivity contribution in [2.24, 2.45) is 5.73 Å². The summed E-state index contributed by atoms with van der Waals surface area (Å²) in [5.41, 5.74) is 5.99. The van der Waals surface area contributed by atoms with Crippen molar-refractivity contribution in [1.82, 2.24) is 4.98 Å². The van der Waals surface area contributed by atoms with Gasteiger partial charge >= 0.3 is 0 Å². The third-order valence-electron chi connectivity index (χ3n) is 1.29. The van der Waals surface area contributed by atoms with Gasteiger partial charge in [-0.3, -0.25) is 4.98 Å². The van der Waals surface area contributed by atoms with Gasteiger partial charge in [-0.15, -0.1) is 24.8 Å². The van der Waals surface area contributed by atoms with Gasteiger partial charge in [-0.25, -0.2) is 0 Å². The first-order valence-corrected chi connectivity index (χ1v) is 3.12. The number of aliphatic hydroxyl groups is 1. The number of aromatic nitrogens is 1. The fourth-order valence-electron chi connectivity index (χ4n) is 0.709. The highest BCUT2D eigenvalue weighted by Crippen LogP contribution is 2.07. The predicted octanol–water partition coefficient (Wildman–Crippen LogP) is 0.917. The Kier molecular flexibility index (Phi) is 8.64. The van der Waals surface area contributed by atoms with E-state index in [9.17, 15) is 0 Å². The Morgan fingerprint density at radius 1 is 1.50 bits per heavy atom. The van der Waals surface area contributed by atoms with E-state index >= 15 is 0 Å². The summed E-state index contributed by atoms with van der Waals surface area (Å²) in [5, 5.41) is 9.16. The Morgan fingerprint density at radius 2 is 2.17 bits per heavy atom. The van der Waals surface area contributed by atoms with Crippen LogP contribution in [0.4, 0.5) is 0 Å². The maximum Gasteiger partial charge on any atom is 0.0927 e. The van der Waals surface area contributed by atoms with Crippen LogP contribution in [0.3, 0.4) is 0 Å². The van der Waals surface area contributed by atoms with Gasteiger partial charge in [-0.2, -0.15) is 0 Å². The van der Waals surface area contributed by atoms with Crippen LogP contribution in [0.2, 0.25) is 0 Å². The molecule has 0 bridgehead atoms. The van der Waals surface area contributed by atoms with E-state index in [-0.39, 0.29) is 31.4 Å². The topological polar surface area (TPSA) is 59.1 Å². The van der Waals surface area contributed by atoms with Crippen molar-refractivity contribution in [2.75, 3.05) is 6.54 Å². The minimum atomic E-state index is -0.575. The second kappa shape index (κ2) is 7.31. The highest BCUT2D eigenvalue weighted by Gasteiger charge is 2.02. The zero-order valence-electron chi connectivity index (χ0n) is 6.38. The van der Waals surface area contributed by atoms with E-state index in [0.717, 1.165) is 5.56 Å². The molecule has 0 aliphatic heterocycles. The van der Waals surface area contributed by atoms with Crippen LogP contribution in [0.5, 0.6) is 0 Å². The summed E-state index contributed by atoms with van der Waals surface area (Å²) < 4.78 is 0. The molecule has 0 spiro atoms. The van der Waals surface area contributed by atoms with Crippen LogP contribution in [0.15, 0.2) is 24.5 Å². The zero-order chi connectivity index (χ0) is 7.40. The smallest absolute Gasteiger partial charge is 0.0927 e. The zero-order valence-corrected chi connectivity index (χ0v) is 8.02. The Hall–Kier alpha value is -0.350. The van der Waals surface area contributed by atoms with E-state index in [1.807, 2.05) is 0 Å². The molecule has 0 saturated carbocycles. The summed E-state index contributed by atoms with van der Waals surface area (Å²) in [6.45, 7) is 0.242. The first kappa shape index (κ1) is 14.2. The van der Waals surface area contributed by atoms with Gasteiger partial charge in [0.25, 0.3) is 0 Å². The second-order valence-corrected chi connectivity index (χ2v) is 2.04. The molecule has 0 saturated heterocycles. The summed E-state index contributed by atoms with van der Waals surface area (Å²) in [6.07, 6.45) is 2.69. The molecule has 0 amide bonds. The van der Waals surface area contributed by atoms with Crippen LogP contribution in [-0.4, -0.2) is 16.6 Å². The lowest BCUT2D eigenvalue weighted by atomic mass is 10.2. The van der Waals surface area contributed by atoms with Crippen molar-refractivity contribution >= 4 is 24.8 Å². The number of halogens is 2. The number of pyridine rings is 1. The minimum absolute atomic E-state index is 0. The quantitative estimate of drug-likeness (QED) is 0.764. The molecule has 0 fully saturated rings. The highest BCUT2D eigenvalue weighted by atomic mass is 35.5. The Balaban J connectivity index is 0. The first-order valence-electron chi connectivity index (χ1n) is 3.12. The molecule has 12 heavy (non-hydrogen) atoms. The summed E-state index contributed by atoms with van der Waals surface area (Å²) >= 11 is 0. The molecular weight excluding hydrogens is 199 g/mol. The van der Waals surface area contributed by atoms with Gasteiger partial charge in [0, 0.05) is 24.5 Å². The lowest BCUT2D eigenvalue weighted by Gasteiger charge is -2.05. The normalized spacial score (nSPS) is 10.8. The van der Waals surface area contributed by atoms with Gasteiger partial charge in [0.05, 0.1) is 6.10 Å². The van der Waals surface area contributed by atoms with Crippen molar-refractivity contribution in [2.45, 2.75) is 6.10 Å². The molecular formula is C7H12Cl2N2O. The fraction of sp³-hybridized carbons (Fsp3) is 0.286. The fourth-order valence-corrected chi connectivity index (χ4v) is 0.709. The van der Waals surface area contributed by atoms with Crippen LogP contribution in [0, 0.1) is 0 Å². The molecule has 3 N–H and O–H groups in total. The molecule has 1 aromatic heterocycles. The Labute approximate surface area is 83.8 Å². The van der Waals surface area contributed by atoms with Gasteiger partial charge in [-0.05, 0) is 6.07 Å². The predicted molar refractivity (Wildman–Crippen MR) is 52.7 cm³/mol. The van der Waals surface area contributed by atoms with Crippen molar-refractivity contribution in [3.63, 3.8) is 0 Å². The number of nitrogens with two attached hydrogens (primary N) is 1.